The molecule has 1 unspecified atom stereocenters. The Kier molecular flexibility index (Phi) is 6.42. The molecule has 4 aromatic rings. The van der Waals surface area contributed by atoms with Crippen LogP contribution >= 0.6 is 0 Å². The minimum absolute atomic E-state index is 0.0807. The van der Waals surface area contributed by atoms with Crippen molar-refractivity contribution in [2.45, 2.75) is 19.4 Å². The fraction of sp³-hybridized carbons (Fsp3) is 0.154. The molecule has 0 radical (unpaired) electrons. The second-order valence-electron chi connectivity index (χ2n) is 7.68. The Morgan fingerprint density at radius 3 is 2.18 bits per heavy atom. The molecule has 7 heteroatoms. The molecule has 168 valence electrons. The van der Waals surface area contributed by atoms with Crippen molar-refractivity contribution < 1.29 is 17.4 Å². The van der Waals surface area contributed by atoms with Crippen LogP contribution in [0.25, 0.3) is 22.2 Å². The van der Waals surface area contributed by atoms with Crippen molar-refractivity contribution in [3.05, 3.63) is 96.1 Å². The maximum Gasteiger partial charge on any atom is 0.306 e. The molecule has 1 atom stereocenters. The average Bonchev–Trinajstić information content (AvgIpc) is 2.82. The summed E-state index contributed by atoms with van der Waals surface area (Å²) in [7, 11) is -3.94. The first-order chi connectivity index (χ1) is 15.9. The van der Waals surface area contributed by atoms with E-state index in [1.807, 2.05) is 61.5 Å². The second-order valence-corrected chi connectivity index (χ2v) is 9.26. The minimum atomic E-state index is -3.94. The van der Waals surface area contributed by atoms with Gasteiger partial charge in [0.25, 0.3) is 5.91 Å². The SMILES string of the molecule is CCC(NC(=O)c1c(OS(C)(=O)=O)c(-c2ccccc2)nc2ccccc12)c1ccccc1. The highest BCUT2D eigenvalue weighted by Gasteiger charge is 2.27. The third kappa shape index (κ3) is 5.04. The van der Waals surface area contributed by atoms with Gasteiger partial charge in [0.05, 0.1) is 23.4 Å². The summed E-state index contributed by atoms with van der Waals surface area (Å²) in [5, 5.41) is 3.57. The van der Waals surface area contributed by atoms with Gasteiger partial charge in [-0.3, -0.25) is 4.79 Å². The van der Waals surface area contributed by atoms with Crippen LogP contribution in [0.1, 0.15) is 35.3 Å². The topological polar surface area (TPSA) is 85.4 Å². The van der Waals surface area contributed by atoms with Crippen LogP contribution in [-0.4, -0.2) is 25.6 Å². The number of carbonyl (C=O) groups is 1. The predicted octanol–water partition coefficient (Wildman–Crippen LogP) is 5.12. The predicted molar refractivity (Wildman–Crippen MR) is 130 cm³/mol. The molecular formula is C26H24N2O4S. The molecular weight excluding hydrogens is 436 g/mol. The Balaban J connectivity index is 1.93. The molecule has 0 bridgehead atoms. The van der Waals surface area contributed by atoms with E-state index >= 15 is 0 Å². The first-order valence-corrected chi connectivity index (χ1v) is 12.4. The van der Waals surface area contributed by atoms with E-state index in [1.54, 1.807) is 30.3 Å². The summed E-state index contributed by atoms with van der Waals surface area (Å²) in [6.45, 7) is 1.98. The molecule has 0 saturated carbocycles. The standard InChI is InChI=1S/C26H24N2O4S/c1-3-21(18-12-6-4-7-13-18)28-26(29)23-20-16-10-11-17-22(20)27-24(19-14-8-5-9-15-19)25(23)32-33(2,30)31/h4-17,21H,3H2,1-2H3,(H,28,29). The minimum Gasteiger partial charge on any atom is -0.379 e. The number of rotatable bonds is 7. The van der Waals surface area contributed by atoms with E-state index < -0.39 is 16.0 Å². The van der Waals surface area contributed by atoms with Crippen molar-refractivity contribution in [3.63, 3.8) is 0 Å². The van der Waals surface area contributed by atoms with Gasteiger partial charge in [-0.05, 0) is 18.1 Å². The fourth-order valence-corrected chi connectivity index (χ4v) is 4.25. The van der Waals surface area contributed by atoms with Crippen molar-refractivity contribution in [3.8, 4) is 17.0 Å². The van der Waals surface area contributed by atoms with Crippen LogP contribution in [0, 0.1) is 0 Å². The highest BCUT2D eigenvalue weighted by Crippen LogP contribution is 2.37. The van der Waals surface area contributed by atoms with E-state index in [0.29, 0.717) is 22.9 Å². The molecule has 0 fully saturated rings. The number of carbonyl (C=O) groups excluding carboxylic acids is 1. The van der Waals surface area contributed by atoms with Crippen LogP contribution < -0.4 is 9.50 Å². The van der Waals surface area contributed by atoms with Crippen LogP contribution in [0.15, 0.2) is 84.9 Å². The monoisotopic (exact) mass is 460 g/mol. The van der Waals surface area contributed by atoms with E-state index in [4.69, 9.17) is 4.18 Å². The first kappa shape index (κ1) is 22.5. The van der Waals surface area contributed by atoms with E-state index in [2.05, 4.69) is 10.3 Å². The fourth-order valence-electron chi connectivity index (χ4n) is 3.78. The number of amides is 1. The third-order valence-corrected chi connectivity index (χ3v) is 5.74. The molecule has 0 aliphatic carbocycles. The first-order valence-electron chi connectivity index (χ1n) is 10.6. The summed E-state index contributed by atoms with van der Waals surface area (Å²) < 4.78 is 29.8. The summed E-state index contributed by atoms with van der Waals surface area (Å²) in [4.78, 5) is 18.3. The van der Waals surface area contributed by atoms with Crippen molar-refractivity contribution in [2.75, 3.05) is 6.26 Å². The Morgan fingerprint density at radius 2 is 1.55 bits per heavy atom. The molecule has 0 spiro atoms. The van der Waals surface area contributed by atoms with E-state index in [1.165, 1.54) is 0 Å². The van der Waals surface area contributed by atoms with Crippen LogP contribution in [0.5, 0.6) is 5.75 Å². The molecule has 0 aliphatic heterocycles. The lowest BCUT2D eigenvalue weighted by Crippen LogP contribution is -2.29. The molecule has 1 amide bonds. The average molecular weight is 461 g/mol. The van der Waals surface area contributed by atoms with Gasteiger partial charge in [-0.2, -0.15) is 8.42 Å². The van der Waals surface area contributed by atoms with Gasteiger partial charge in [-0.15, -0.1) is 0 Å². The molecule has 4 rings (SSSR count). The zero-order valence-electron chi connectivity index (χ0n) is 18.4. The maximum absolute atomic E-state index is 13.7. The highest BCUT2D eigenvalue weighted by atomic mass is 32.2. The summed E-state index contributed by atoms with van der Waals surface area (Å²) in [5.74, 6) is -0.511. The lowest BCUT2D eigenvalue weighted by molar-refractivity contribution is 0.0936. The number of para-hydroxylation sites is 1. The van der Waals surface area contributed by atoms with E-state index in [0.717, 1.165) is 11.8 Å². The summed E-state index contributed by atoms with van der Waals surface area (Å²) >= 11 is 0. The summed E-state index contributed by atoms with van der Waals surface area (Å²) in [6, 6.07) is 25.6. The van der Waals surface area contributed by atoms with E-state index in [9.17, 15) is 13.2 Å². The Labute approximate surface area is 193 Å². The molecule has 0 saturated heterocycles. The molecule has 33 heavy (non-hydrogen) atoms. The van der Waals surface area contributed by atoms with Crippen molar-refractivity contribution >= 4 is 26.9 Å². The normalized spacial score (nSPS) is 12.3. The van der Waals surface area contributed by atoms with Gasteiger partial charge in [0.15, 0.2) is 5.75 Å². The Hall–Kier alpha value is -3.71. The highest BCUT2D eigenvalue weighted by molar-refractivity contribution is 7.86. The van der Waals surface area contributed by atoms with Gasteiger partial charge in [0.1, 0.15) is 5.69 Å². The van der Waals surface area contributed by atoms with Crippen LogP contribution in [-0.2, 0) is 10.1 Å². The van der Waals surface area contributed by atoms with Gasteiger partial charge >= 0.3 is 10.1 Å². The number of nitrogens with zero attached hydrogens (tertiary/aromatic N) is 1. The van der Waals surface area contributed by atoms with Gasteiger partial charge in [-0.1, -0.05) is 85.8 Å². The lowest BCUT2D eigenvalue weighted by Gasteiger charge is -2.21. The number of fused-ring (bicyclic) bond motifs is 1. The molecule has 3 aromatic carbocycles. The number of aromatic nitrogens is 1. The third-order valence-electron chi connectivity index (χ3n) is 5.27. The van der Waals surface area contributed by atoms with Gasteiger partial charge < -0.3 is 9.50 Å². The number of nitrogens with one attached hydrogen (secondary N) is 1. The van der Waals surface area contributed by atoms with Crippen molar-refractivity contribution in [2.24, 2.45) is 0 Å². The largest absolute Gasteiger partial charge is 0.379 e. The quantitative estimate of drug-likeness (QED) is 0.387. The molecule has 1 heterocycles. The number of pyridine rings is 1. The Morgan fingerprint density at radius 1 is 0.939 bits per heavy atom. The van der Waals surface area contributed by atoms with Crippen LogP contribution in [0.4, 0.5) is 0 Å². The molecule has 1 N–H and O–H groups in total. The number of hydrogen-bond acceptors (Lipinski definition) is 5. The van der Waals surface area contributed by atoms with Crippen molar-refractivity contribution in [1.29, 1.82) is 0 Å². The zero-order chi connectivity index (χ0) is 23.4. The maximum atomic E-state index is 13.7. The summed E-state index contributed by atoms with van der Waals surface area (Å²) in [5.41, 5.74) is 2.60. The van der Waals surface area contributed by atoms with Gasteiger partial charge in [0, 0.05) is 10.9 Å². The van der Waals surface area contributed by atoms with Crippen molar-refractivity contribution in [1.82, 2.24) is 10.3 Å². The van der Waals surface area contributed by atoms with Crippen LogP contribution in [0.3, 0.4) is 0 Å². The van der Waals surface area contributed by atoms with Gasteiger partial charge in [-0.25, -0.2) is 4.98 Å². The number of benzene rings is 3. The smallest absolute Gasteiger partial charge is 0.306 e. The lowest BCUT2D eigenvalue weighted by atomic mass is 10.00. The van der Waals surface area contributed by atoms with Crippen LogP contribution in [0.2, 0.25) is 0 Å². The summed E-state index contributed by atoms with van der Waals surface area (Å²) in [6.07, 6.45) is 1.62. The molecule has 1 aromatic heterocycles. The Bertz CT molecular complexity index is 1390. The van der Waals surface area contributed by atoms with E-state index in [-0.39, 0.29) is 23.0 Å². The molecule has 6 nitrogen and oxygen atoms in total. The zero-order valence-corrected chi connectivity index (χ0v) is 19.2. The number of hydrogen-bond donors (Lipinski definition) is 1. The van der Waals surface area contributed by atoms with Gasteiger partial charge in [0.2, 0.25) is 0 Å². The second kappa shape index (κ2) is 9.42. The molecule has 0 aliphatic rings.